The van der Waals surface area contributed by atoms with Crippen molar-refractivity contribution in [3.05, 3.63) is 54.1 Å². The average molecular weight is 321 g/mol. The molecular formula is C18H19N5O. The Morgan fingerprint density at radius 1 is 1.21 bits per heavy atom. The number of benzene rings is 1. The molecule has 0 amide bonds. The van der Waals surface area contributed by atoms with E-state index in [1.807, 2.05) is 22.8 Å². The summed E-state index contributed by atoms with van der Waals surface area (Å²) < 4.78 is 7.79. The van der Waals surface area contributed by atoms with Gasteiger partial charge in [-0.25, -0.2) is 15.0 Å². The van der Waals surface area contributed by atoms with Crippen molar-refractivity contribution >= 4 is 23.2 Å². The first-order chi connectivity index (χ1) is 11.8. The second kappa shape index (κ2) is 6.41. The molecule has 6 nitrogen and oxygen atoms in total. The number of fused-ring (bicyclic) bond motifs is 1. The molecule has 1 saturated carbocycles. The minimum absolute atomic E-state index is 0.411. The Morgan fingerprint density at radius 2 is 2.08 bits per heavy atom. The molecule has 6 heteroatoms. The predicted octanol–water partition coefficient (Wildman–Crippen LogP) is 2.88. The molecule has 0 bridgehead atoms. The number of aromatic nitrogens is 4. The Hall–Kier alpha value is -2.73. The molecule has 0 radical (unpaired) electrons. The van der Waals surface area contributed by atoms with Crippen LogP contribution in [0.25, 0.3) is 17.4 Å². The summed E-state index contributed by atoms with van der Waals surface area (Å²) in [6.07, 6.45) is 7.55. The molecular weight excluding hydrogens is 302 g/mol. The van der Waals surface area contributed by atoms with E-state index in [9.17, 15) is 0 Å². The highest BCUT2D eigenvalue weighted by Gasteiger charge is 2.24. The molecule has 3 aromatic rings. The lowest BCUT2D eigenvalue weighted by atomic mass is 9.80. The second-order valence-corrected chi connectivity index (χ2v) is 6.02. The molecule has 0 saturated heterocycles. The first kappa shape index (κ1) is 14.8. The number of hydrogen-bond donors (Lipinski definition) is 1. The van der Waals surface area contributed by atoms with Gasteiger partial charge in [-0.15, -0.1) is 0 Å². The molecule has 24 heavy (non-hydrogen) atoms. The van der Waals surface area contributed by atoms with Crippen molar-refractivity contribution in [1.29, 1.82) is 0 Å². The van der Waals surface area contributed by atoms with Gasteiger partial charge >= 0.3 is 0 Å². The third-order valence-corrected chi connectivity index (χ3v) is 4.43. The van der Waals surface area contributed by atoms with Crippen LogP contribution in [-0.4, -0.2) is 26.1 Å². The molecule has 0 spiro atoms. The number of hydrogen-bond acceptors (Lipinski definition) is 5. The van der Waals surface area contributed by atoms with E-state index < -0.39 is 0 Å². The van der Waals surface area contributed by atoms with Crippen LogP contribution in [-0.2, 0) is 11.3 Å². The van der Waals surface area contributed by atoms with Crippen LogP contribution < -0.4 is 5.73 Å². The monoisotopic (exact) mass is 321 g/mol. The van der Waals surface area contributed by atoms with Gasteiger partial charge in [0, 0.05) is 12.1 Å². The zero-order valence-corrected chi connectivity index (χ0v) is 13.3. The van der Waals surface area contributed by atoms with Gasteiger partial charge in [0.25, 0.3) is 0 Å². The molecule has 2 N–H and O–H groups in total. The quantitative estimate of drug-likeness (QED) is 0.781. The van der Waals surface area contributed by atoms with E-state index in [2.05, 4.69) is 33.3 Å². The smallest absolute Gasteiger partial charge is 0.169 e. The van der Waals surface area contributed by atoms with Crippen molar-refractivity contribution in [2.45, 2.75) is 19.4 Å². The predicted molar refractivity (Wildman–Crippen MR) is 92.8 cm³/mol. The topological polar surface area (TPSA) is 78.9 Å². The molecule has 4 rings (SSSR count). The van der Waals surface area contributed by atoms with Crippen molar-refractivity contribution in [1.82, 2.24) is 19.5 Å². The Balaban J connectivity index is 1.42. The van der Waals surface area contributed by atoms with Crippen LogP contribution in [0, 0.1) is 5.92 Å². The maximum Gasteiger partial charge on any atom is 0.169 e. The Bertz CT molecular complexity index is 872. The summed E-state index contributed by atoms with van der Waals surface area (Å²) in [6.45, 7) is 1.40. The zero-order chi connectivity index (χ0) is 16.4. The first-order valence-corrected chi connectivity index (χ1v) is 8.06. The van der Waals surface area contributed by atoms with E-state index >= 15 is 0 Å². The van der Waals surface area contributed by atoms with Gasteiger partial charge in [-0.3, -0.25) is 4.57 Å². The average Bonchev–Trinajstić information content (AvgIpc) is 3.01. The maximum absolute atomic E-state index is 5.87. The van der Waals surface area contributed by atoms with E-state index in [0.29, 0.717) is 23.9 Å². The van der Waals surface area contributed by atoms with Crippen molar-refractivity contribution < 1.29 is 4.74 Å². The van der Waals surface area contributed by atoms with Crippen molar-refractivity contribution in [3.8, 4) is 0 Å². The van der Waals surface area contributed by atoms with Crippen LogP contribution in [0.2, 0.25) is 0 Å². The van der Waals surface area contributed by atoms with Crippen LogP contribution in [0.5, 0.6) is 0 Å². The van der Waals surface area contributed by atoms with Gasteiger partial charge in [-0.05, 0) is 24.0 Å². The summed E-state index contributed by atoms with van der Waals surface area (Å²) in [5.74, 6) is 0.874. The number of nitrogen functional groups attached to an aromatic ring is 1. The molecule has 1 fully saturated rings. The van der Waals surface area contributed by atoms with Crippen LogP contribution in [0.4, 0.5) is 5.82 Å². The third kappa shape index (κ3) is 2.88. The van der Waals surface area contributed by atoms with Crippen LogP contribution >= 0.6 is 0 Å². The van der Waals surface area contributed by atoms with Gasteiger partial charge in [0.15, 0.2) is 17.0 Å². The third-order valence-electron chi connectivity index (χ3n) is 4.43. The van der Waals surface area contributed by atoms with E-state index in [1.165, 1.54) is 17.5 Å². The number of rotatable bonds is 5. The summed E-state index contributed by atoms with van der Waals surface area (Å²) in [5.41, 5.74) is 9.78. The highest BCUT2D eigenvalue weighted by atomic mass is 16.5. The molecule has 2 aromatic heterocycles. The van der Waals surface area contributed by atoms with Crippen LogP contribution in [0.15, 0.2) is 48.6 Å². The van der Waals surface area contributed by atoms with Gasteiger partial charge in [0.2, 0.25) is 0 Å². The molecule has 1 aliphatic rings. The molecule has 2 heterocycles. The Labute approximate surface area is 140 Å². The summed E-state index contributed by atoms with van der Waals surface area (Å²) in [7, 11) is 0. The van der Waals surface area contributed by atoms with Crippen LogP contribution in [0.3, 0.4) is 0 Å². The fourth-order valence-electron chi connectivity index (χ4n) is 2.91. The number of nitrogens with zero attached hydrogens (tertiary/aromatic N) is 4. The lowest BCUT2D eigenvalue weighted by Crippen LogP contribution is -2.21. The zero-order valence-electron chi connectivity index (χ0n) is 13.3. The first-order valence-electron chi connectivity index (χ1n) is 8.06. The fourth-order valence-corrected chi connectivity index (χ4v) is 2.91. The summed E-state index contributed by atoms with van der Waals surface area (Å²) in [5, 5.41) is 0. The van der Waals surface area contributed by atoms with E-state index in [1.54, 1.807) is 6.33 Å². The number of imidazole rings is 1. The second-order valence-electron chi connectivity index (χ2n) is 6.02. The minimum atomic E-state index is 0.411. The lowest BCUT2D eigenvalue weighted by molar-refractivity contribution is 0.0825. The highest BCUT2D eigenvalue weighted by molar-refractivity contribution is 5.82. The lowest BCUT2D eigenvalue weighted by Gasteiger charge is -2.29. The van der Waals surface area contributed by atoms with Gasteiger partial charge in [-0.1, -0.05) is 30.3 Å². The summed E-state index contributed by atoms with van der Waals surface area (Å²) in [4.78, 5) is 12.5. The van der Waals surface area contributed by atoms with Gasteiger partial charge < -0.3 is 10.5 Å². The van der Waals surface area contributed by atoms with E-state index in [4.69, 9.17) is 10.5 Å². The number of anilines is 1. The van der Waals surface area contributed by atoms with E-state index in [-0.39, 0.29) is 0 Å². The van der Waals surface area contributed by atoms with Crippen molar-refractivity contribution in [3.63, 3.8) is 0 Å². The standard InChI is InChI=1S/C18H19N5O/c19-17-16-18(21-11-20-17)23(12-22-16)8-14-6-7-15(14)10-24-9-13-4-2-1-3-5-13/h1-5,8,11-12,15H,6-7,9-10H2,(H2,19,20,21)/b14-8-. The highest BCUT2D eigenvalue weighted by Crippen LogP contribution is 2.35. The fraction of sp³-hybridized carbons (Fsp3) is 0.278. The maximum atomic E-state index is 5.87. The van der Waals surface area contributed by atoms with E-state index in [0.717, 1.165) is 25.1 Å². The SMILES string of the molecule is Nc1ncnc2c1ncn2/C=C1/CCC1COCc1ccccc1. The van der Waals surface area contributed by atoms with Gasteiger partial charge in [0.05, 0.1) is 13.2 Å². The molecule has 1 aliphatic carbocycles. The molecule has 1 unspecified atom stereocenters. The number of nitrogens with two attached hydrogens (primary N) is 1. The Morgan fingerprint density at radius 3 is 2.88 bits per heavy atom. The van der Waals surface area contributed by atoms with Crippen molar-refractivity contribution in [2.75, 3.05) is 12.3 Å². The largest absolute Gasteiger partial charge is 0.382 e. The van der Waals surface area contributed by atoms with Crippen molar-refractivity contribution in [2.24, 2.45) is 5.92 Å². The van der Waals surface area contributed by atoms with Gasteiger partial charge in [0.1, 0.15) is 12.7 Å². The number of ether oxygens (including phenoxy) is 1. The normalized spacial score (nSPS) is 18.8. The minimum Gasteiger partial charge on any atom is -0.382 e. The summed E-state index contributed by atoms with van der Waals surface area (Å²) >= 11 is 0. The molecule has 0 aliphatic heterocycles. The van der Waals surface area contributed by atoms with Gasteiger partial charge in [-0.2, -0.15) is 0 Å². The molecule has 1 aromatic carbocycles. The molecule has 1 atom stereocenters. The molecule has 122 valence electrons. The van der Waals surface area contributed by atoms with Crippen LogP contribution in [0.1, 0.15) is 18.4 Å². The Kier molecular flexibility index (Phi) is 3.96. The summed E-state index contributed by atoms with van der Waals surface area (Å²) in [6, 6.07) is 10.2.